The highest BCUT2D eigenvalue weighted by Gasteiger charge is 2.17. The van der Waals surface area contributed by atoms with Crippen LogP contribution in [0.5, 0.6) is 5.75 Å². The summed E-state index contributed by atoms with van der Waals surface area (Å²) in [5, 5.41) is 12.3. The number of benzene rings is 1. The quantitative estimate of drug-likeness (QED) is 0.704. The van der Waals surface area contributed by atoms with E-state index < -0.39 is 12.0 Å². The number of carbonyl (C=O) groups is 2. The Kier molecular flexibility index (Phi) is 7.71. The summed E-state index contributed by atoms with van der Waals surface area (Å²) in [6, 6.07) is 4.04. The SMILES string of the molecule is CC(=O)N[C@@H](CSCCOc1ccc(Cl)cc1Cl)C(=O)O. The summed E-state index contributed by atoms with van der Waals surface area (Å²) < 4.78 is 5.47. The van der Waals surface area contributed by atoms with Crippen LogP contribution in [0.2, 0.25) is 10.0 Å². The molecular formula is C13H15Cl2NO4S. The number of carboxylic acid groups (broad SMARTS) is 1. The summed E-state index contributed by atoms with van der Waals surface area (Å²) >= 11 is 13.1. The number of carboxylic acids is 1. The van der Waals surface area contributed by atoms with Crippen molar-refractivity contribution in [3.8, 4) is 5.75 Å². The molecule has 0 aliphatic carbocycles. The monoisotopic (exact) mass is 351 g/mol. The van der Waals surface area contributed by atoms with Crippen LogP contribution in [0.25, 0.3) is 0 Å². The van der Waals surface area contributed by atoms with Gasteiger partial charge in [-0.05, 0) is 18.2 Å². The lowest BCUT2D eigenvalue weighted by atomic mass is 10.3. The zero-order valence-corrected chi connectivity index (χ0v) is 13.6. The molecule has 116 valence electrons. The zero-order valence-electron chi connectivity index (χ0n) is 11.3. The van der Waals surface area contributed by atoms with Crippen molar-refractivity contribution < 1.29 is 19.4 Å². The normalized spacial score (nSPS) is 11.8. The molecule has 0 heterocycles. The van der Waals surface area contributed by atoms with Gasteiger partial charge >= 0.3 is 5.97 Å². The average molecular weight is 352 g/mol. The first kappa shape index (κ1) is 17.9. The highest BCUT2D eigenvalue weighted by Crippen LogP contribution is 2.27. The Bertz CT molecular complexity index is 513. The molecule has 8 heteroatoms. The van der Waals surface area contributed by atoms with E-state index in [-0.39, 0.29) is 11.7 Å². The number of carbonyl (C=O) groups excluding carboxylic acids is 1. The van der Waals surface area contributed by atoms with Gasteiger partial charge in [0.15, 0.2) is 0 Å². The van der Waals surface area contributed by atoms with Gasteiger partial charge in [-0.15, -0.1) is 0 Å². The lowest BCUT2D eigenvalue weighted by molar-refractivity contribution is -0.140. The molecule has 2 N–H and O–H groups in total. The maximum atomic E-state index is 10.9. The number of hydrogen-bond acceptors (Lipinski definition) is 4. The summed E-state index contributed by atoms with van der Waals surface area (Å²) in [6.45, 7) is 1.66. The summed E-state index contributed by atoms with van der Waals surface area (Å²) in [5.74, 6) is -0.0561. The van der Waals surface area contributed by atoms with E-state index >= 15 is 0 Å². The highest BCUT2D eigenvalue weighted by molar-refractivity contribution is 7.99. The maximum absolute atomic E-state index is 10.9. The molecule has 0 bridgehead atoms. The first-order valence-electron chi connectivity index (χ1n) is 6.05. The van der Waals surface area contributed by atoms with E-state index in [1.54, 1.807) is 18.2 Å². The molecule has 0 aliphatic heterocycles. The highest BCUT2D eigenvalue weighted by atomic mass is 35.5. The smallest absolute Gasteiger partial charge is 0.327 e. The Hall–Kier alpha value is -1.11. The third-order valence-corrected chi connectivity index (χ3v) is 3.89. The van der Waals surface area contributed by atoms with E-state index in [4.69, 9.17) is 33.0 Å². The van der Waals surface area contributed by atoms with Crippen LogP contribution in [0, 0.1) is 0 Å². The second-order valence-corrected chi connectivity index (χ2v) is 6.08. The third-order valence-electron chi connectivity index (χ3n) is 2.34. The van der Waals surface area contributed by atoms with Gasteiger partial charge in [0, 0.05) is 23.5 Å². The molecule has 1 amide bonds. The van der Waals surface area contributed by atoms with Gasteiger partial charge < -0.3 is 15.2 Å². The van der Waals surface area contributed by atoms with Crippen LogP contribution in [-0.4, -0.2) is 41.1 Å². The Morgan fingerprint density at radius 2 is 2.14 bits per heavy atom. The van der Waals surface area contributed by atoms with Crippen molar-refractivity contribution in [1.29, 1.82) is 0 Å². The molecule has 21 heavy (non-hydrogen) atoms. The zero-order chi connectivity index (χ0) is 15.8. The number of ether oxygens (including phenoxy) is 1. The van der Waals surface area contributed by atoms with E-state index in [1.165, 1.54) is 18.7 Å². The maximum Gasteiger partial charge on any atom is 0.327 e. The van der Waals surface area contributed by atoms with Gasteiger partial charge in [-0.1, -0.05) is 23.2 Å². The fraction of sp³-hybridized carbons (Fsp3) is 0.385. The van der Waals surface area contributed by atoms with Crippen molar-refractivity contribution in [3.63, 3.8) is 0 Å². The van der Waals surface area contributed by atoms with Crippen LogP contribution in [0.15, 0.2) is 18.2 Å². The predicted octanol–water partition coefficient (Wildman–Crippen LogP) is 2.69. The summed E-state index contributed by atoms with van der Waals surface area (Å²) in [6.07, 6.45) is 0. The van der Waals surface area contributed by atoms with Crippen molar-refractivity contribution in [2.24, 2.45) is 0 Å². The number of rotatable bonds is 8. The van der Waals surface area contributed by atoms with E-state index in [1.807, 2.05) is 0 Å². The fourth-order valence-corrected chi connectivity index (χ4v) is 2.72. The van der Waals surface area contributed by atoms with Gasteiger partial charge in [0.25, 0.3) is 0 Å². The molecule has 0 saturated heterocycles. The number of aliphatic carboxylic acids is 1. The van der Waals surface area contributed by atoms with Crippen molar-refractivity contribution in [2.75, 3.05) is 18.1 Å². The lowest BCUT2D eigenvalue weighted by Crippen LogP contribution is -2.41. The molecule has 0 unspecified atom stereocenters. The summed E-state index contributed by atoms with van der Waals surface area (Å²) in [5.41, 5.74) is 0. The largest absolute Gasteiger partial charge is 0.491 e. The second-order valence-electron chi connectivity index (χ2n) is 4.09. The molecule has 0 radical (unpaired) electrons. The van der Waals surface area contributed by atoms with Crippen LogP contribution in [0.4, 0.5) is 0 Å². The van der Waals surface area contributed by atoms with Crippen LogP contribution in [0.3, 0.4) is 0 Å². The average Bonchev–Trinajstić information content (AvgIpc) is 2.38. The molecule has 5 nitrogen and oxygen atoms in total. The van der Waals surface area contributed by atoms with Gasteiger partial charge in [0.2, 0.25) is 5.91 Å². The molecule has 0 aliphatic rings. The number of thioether (sulfide) groups is 1. The molecule has 1 atom stereocenters. The molecule has 1 aromatic rings. The lowest BCUT2D eigenvalue weighted by Gasteiger charge is -2.13. The standard InChI is InChI=1S/C13H15Cl2NO4S/c1-8(17)16-11(13(18)19)7-21-5-4-20-12-3-2-9(14)6-10(12)15/h2-3,6,11H,4-5,7H2,1H3,(H,16,17)(H,18,19)/t11-/m0/s1. The molecule has 1 aromatic carbocycles. The molecule has 0 spiro atoms. The minimum Gasteiger partial charge on any atom is -0.491 e. The Labute approximate surface area is 136 Å². The summed E-state index contributed by atoms with van der Waals surface area (Å²) in [4.78, 5) is 21.8. The Morgan fingerprint density at radius 3 is 2.71 bits per heavy atom. The van der Waals surface area contributed by atoms with Crippen molar-refractivity contribution >= 4 is 46.8 Å². The van der Waals surface area contributed by atoms with Gasteiger partial charge in [0.1, 0.15) is 11.8 Å². The number of nitrogens with one attached hydrogen (secondary N) is 1. The van der Waals surface area contributed by atoms with E-state index in [9.17, 15) is 9.59 Å². The summed E-state index contributed by atoms with van der Waals surface area (Å²) in [7, 11) is 0. The second kappa shape index (κ2) is 9.02. The van der Waals surface area contributed by atoms with Gasteiger partial charge in [-0.2, -0.15) is 11.8 Å². The number of halogens is 2. The van der Waals surface area contributed by atoms with Crippen LogP contribution in [0.1, 0.15) is 6.92 Å². The van der Waals surface area contributed by atoms with Crippen LogP contribution in [-0.2, 0) is 9.59 Å². The number of hydrogen-bond donors (Lipinski definition) is 2. The first-order chi connectivity index (χ1) is 9.90. The van der Waals surface area contributed by atoms with Crippen LogP contribution >= 0.6 is 35.0 Å². The van der Waals surface area contributed by atoms with E-state index in [0.29, 0.717) is 28.2 Å². The van der Waals surface area contributed by atoms with Gasteiger partial charge in [-0.25, -0.2) is 4.79 Å². The van der Waals surface area contributed by atoms with Crippen molar-refractivity contribution in [3.05, 3.63) is 28.2 Å². The van der Waals surface area contributed by atoms with Gasteiger partial charge in [0.05, 0.1) is 11.6 Å². The van der Waals surface area contributed by atoms with Crippen LogP contribution < -0.4 is 10.1 Å². The predicted molar refractivity (Wildman–Crippen MR) is 84.5 cm³/mol. The Morgan fingerprint density at radius 1 is 1.43 bits per heavy atom. The topological polar surface area (TPSA) is 75.6 Å². The molecule has 0 aromatic heterocycles. The molecule has 1 rings (SSSR count). The van der Waals surface area contributed by atoms with E-state index in [0.717, 1.165) is 0 Å². The Balaban J connectivity index is 2.30. The molecule has 0 saturated carbocycles. The molecule has 0 fully saturated rings. The third kappa shape index (κ3) is 6.93. The number of amides is 1. The van der Waals surface area contributed by atoms with Crippen molar-refractivity contribution in [1.82, 2.24) is 5.32 Å². The fourth-order valence-electron chi connectivity index (χ4n) is 1.42. The minimum atomic E-state index is -1.06. The van der Waals surface area contributed by atoms with E-state index in [2.05, 4.69) is 5.32 Å². The van der Waals surface area contributed by atoms with Crippen molar-refractivity contribution in [2.45, 2.75) is 13.0 Å². The minimum absolute atomic E-state index is 0.270. The molecular weight excluding hydrogens is 337 g/mol. The van der Waals surface area contributed by atoms with Gasteiger partial charge in [-0.3, -0.25) is 4.79 Å². The first-order valence-corrected chi connectivity index (χ1v) is 7.96.